The van der Waals surface area contributed by atoms with Crippen molar-refractivity contribution in [2.45, 2.75) is 39.2 Å². The van der Waals surface area contributed by atoms with Gasteiger partial charge in [0.15, 0.2) is 0 Å². The van der Waals surface area contributed by atoms with Crippen molar-refractivity contribution in [3.63, 3.8) is 0 Å². The van der Waals surface area contributed by atoms with Crippen LogP contribution in [-0.4, -0.2) is 10.8 Å². The van der Waals surface area contributed by atoms with Gasteiger partial charge < -0.3 is 5.32 Å². The Morgan fingerprint density at radius 1 is 1.17 bits per heavy atom. The summed E-state index contributed by atoms with van der Waals surface area (Å²) in [7, 11) is 0. The van der Waals surface area contributed by atoms with Crippen LogP contribution in [0.4, 0.5) is 5.69 Å². The molecule has 2 aromatic carbocycles. The van der Waals surface area contributed by atoms with Crippen molar-refractivity contribution in [2.75, 3.05) is 0 Å². The van der Waals surface area contributed by atoms with Crippen molar-refractivity contribution in [1.82, 2.24) is 5.32 Å². The predicted molar refractivity (Wildman–Crippen MR) is 92.2 cm³/mol. The standard InChI is InChI=1S/C19H20N2O3/c1-12-6-7-17(11-18(12)21(23)24)19(22)20-13(2)15-9-8-14-4-3-5-16(14)10-15/h6-11,13H,3-5H2,1-2H3,(H,20,22). The van der Waals surface area contributed by atoms with Crippen molar-refractivity contribution in [2.24, 2.45) is 0 Å². The van der Waals surface area contributed by atoms with E-state index in [-0.39, 0.29) is 17.6 Å². The third-order valence-corrected chi connectivity index (χ3v) is 4.64. The van der Waals surface area contributed by atoms with Crippen molar-refractivity contribution < 1.29 is 9.72 Å². The summed E-state index contributed by atoms with van der Waals surface area (Å²) in [6.07, 6.45) is 3.41. The first-order chi connectivity index (χ1) is 11.5. The van der Waals surface area contributed by atoms with Gasteiger partial charge >= 0.3 is 0 Å². The van der Waals surface area contributed by atoms with Gasteiger partial charge in [-0.15, -0.1) is 0 Å². The molecule has 0 spiro atoms. The number of nitro groups is 1. The number of nitrogens with one attached hydrogen (secondary N) is 1. The topological polar surface area (TPSA) is 72.2 Å². The Hall–Kier alpha value is -2.69. The van der Waals surface area contributed by atoms with Gasteiger partial charge in [-0.1, -0.05) is 24.3 Å². The van der Waals surface area contributed by atoms with Gasteiger partial charge in [0, 0.05) is 17.2 Å². The van der Waals surface area contributed by atoms with Gasteiger partial charge in [0.05, 0.1) is 11.0 Å². The number of hydrogen-bond donors (Lipinski definition) is 1. The second kappa shape index (κ2) is 6.43. The van der Waals surface area contributed by atoms with Crippen LogP contribution in [0, 0.1) is 17.0 Å². The highest BCUT2D eigenvalue weighted by molar-refractivity contribution is 5.95. The first-order valence-electron chi connectivity index (χ1n) is 8.13. The average molecular weight is 324 g/mol. The number of aryl methyl sites for hydroxylation is 3. The zero-order valence-corrected chi connectivity index (χ0v) is 13.8. The first-order valence-corrected chi connectivity index (χ1v) is 8.13. The quantitative estimate of drug-likeness (QED) is 0.685. The lowest BCUT2D eigenvalue weighted by Gasteiger charge is -2.16. The van der Waals surface area contributed by atoms with E-state index in [0.717, 1.165) is 18.4 Å². The highest BCUT2D eigenvalue weighted by Crippen LogP contribution is 2.26. The Balaban J connectivity index is 1.77. The molecule has 0 aromatic heterocycles. The van der Waals surface area contributed by atoms with E-state index in [1.807, 2.05) is 13.0 Å². The first kappa shape index (κ1) is 16.2. The minimum Gasteiger partial charge on any atom is -0.346 e. The second-order valence-corrected chi connectivity index (χ2v) is 6.34. The molecule has 0 aliphatic heterocycles. The summed E-state index contributed by atoms with van der Waals surface area (Å²) in [5, 5.41) is 14.0. The third kappa shape index (κ3) is 3.15. The summed E-state index contributed by atoms with van der Waals surface area (Å²) in [5.41, 5.74) is 4.63. The average Bonchev–Trinajstić information content (AvgIpc) is 3.02. The summed E-state index contributed by atoms with van der Waals surface area (Å²) in [5.74, 6) is -0.300. The molecule has 5 nitrogen and oxygen atoms in total. The number of carbonyl (C=O) groups is 1. The Morgan fingerprint density at radius 3 is 2.67 bits per heavy atom. The van der Waals surface area contributed by atoms with Crippen LogP contribution in [0.5, 0.6) is 0 Å². The molecular formula is C19H20N2O3. The molecule has 0 fully saturated rings. The fraction of sp³-hybridized carbons (Fsp3) is 0.316. The molecule has 1 aliphatic carbocycles. The second-order valence-electron chi connectivity index (χ2n) is 6.34. The van der Waals surface area contributed by atoms with Crippen LogP contribution < -0.4 is 5.32 Å². The van der Waals surface area contributed by atoms with Crippen molar-refractivity contribution in [3.05, 3.63) is 74.3 Å². The SMILES string of the molecule is Cc1ccc(C(=O)NC(C)c2ccc3c(c2)CCC3)cc1[N+](=O)[O-]. The number of nitro benzene ring substituents is 1. The Bertz CT molecular complexity index is 814. The number of hydrogen-bond acceptors (Lipinski definition) is 3. The summed E-state index contributed by atoms with van der Waals surface area (Å²) in [4.78, 5) is 23.0. The molecule has 5 heteroatoms. The van der Waals surface area contributed by atoms with Crippen LogP contribution >= 0.6 is 0 Å². The van der Waals surface area contributed by atoms with Gasteiger partial charge in [0.2, 0.25) is 0 Å². The Labute approximate surface area is 140 Å². The summed E-state index contributed by atoms with van der Waals surface area (Å²) < 4.78 is 0. The van der Waals surface area contributed by atoms with Crippen molar-refractivity contribution in [1.29, 1.82) is 0 Å². The van der Waals surface area contributed by atoms with E-state index >= 15 is 0 Å². The minimum absolute atomic E-state index is 0.0344. The monoisotopic (exact) mass is 324 g/mol. The maximum absolute atomic E-state index is 12.4. The molecule has 1 amide bonds. The lowest BCUT2D eigenvalue weighted by atomic mass is 10.0. The Kier molecular flexibility index (Phi) is 4.34. The van der Waals surface area contributed by atoms with Crippen LogP contribution in [0.15, 0.2) is 36.4 Å². The molecule has 0 bridgehead atoms. The molecular weight excluding hydrogens is 304 g/mol. The largest absolute Gasteiger partial charge is 0.346 e. The molecule has 1 N–H and O–H groups in total. The summed E-state index contributed by atoms with van der Waals surface area (Å²) >= 11 is 0. The van der Waals surface area contributed by atoms with Crippen LogP contribution in [0.3, 0.4) is 0 Å². The number of nitrogens with zero attached hydrogens (tertiary/aromatic N) is 1. The van der Waals surface area contributed by atoms with Crippen LogP contribution in [0.1, 0.15) is 52.0 Å². The van der Waals surface area contributed by atoms with E-state index in [9.17, 15) is 14.9 Å². The van der Waals surface area contributed by atoms with Gasteiger partial charge in [-0.2, -0.15) is 0 Å². The van der Waals surface area contributed by atoms with Gasteiger partial charge in [-0.05, 0) is 55.9 Å². The zero-order chi connectivity index (χ0) is 17.3. The van der Waals surface area contributed by atoms with E-state index in [1.54, 1.807) is 19.1 Å². The molecule has 3 rings (SSSR count). The molecule has 1 unspecified atom stereocenters. The van der Waals surface area contributed by atoms with Crippen molar-refractivity contribution in [3.8, 4) is 0 Å². The highest BCUT2D eigenvalue weighted by atomic mass is 16.6. The maximum atomic E-state index is 12.4. The van der Waals surface area contributed by atoms with E-state index in [0.29, 0.717) is 11.1 Å². The lowest BCUT2D eigenvalue weighted by molar-refractivity contribution is -0.385. The fourth-order valence-corrected chi connectivity index (χ4v) is 3.17. The van der Waals surface area contributed by atoms with Gasteiger partial charge in [-0.25, -0.2) is 0 Å². The Morgan fingerprint density at radius 2 is 1.92 bits per heavy atom. The number of amides is 1. The molecule has 0 saturated heterocycles. The fourth-order valence-electron chi connectivity index (χ4n) is 3.17. The minimum atomic E-state index is -0.462. The molecule has 0 saturated carbocycles. The summed E-state index contributed by atoms with van der Waals surface area (Å²) in [6.45, 7) is 3.59. The number of carbonyl (C=O) groups excluding carboxylic acids is 1. The van der Waals surface area contributed by atoms with E-state index in [2.05, 4.69) is 17.4 Å². The zero-order valence-electron chi connectivity index (χ0n) is 13.8. The van der Waals surface area contributed by atoms with E-state index in [1.165, 1.54) is 23.6 Å². The van der Waals surface area contributed by atoms with Gasteiger partial charge in [0.25, 0.3) is 11.6 Å². The number of fused-ring (bicyclic) bond motifs is 1. The van der Waals surface area contributed by atoms with Gasteiger partial charge in [-0.3, -0.25) is 14.9 Å². The smallest absolute Gasteiger partial charge is 0.273 e. The van der Waals surface area contributed by atoms with Crippen LogP contribution in [0.25, 0.3) is 0 Å². The molecule has 0 heterocycles. The highest BCUT2D eigenvalue weighted by Gasteiger charge is 2.18. The van der Waals surface area contributed by atoms with Crippen LogP contribution in [-0.2, 0) is 12.8 Å². The lowest BCUT2D eigenvalue weighted by Crippen LogP contribution is -2.26. The van der Waals surface area contributed by atoms with Crippen LogP contribution in [0.2, 0.25) is 0 Å². The number of rotatable bonds is 4. The predicted octanol–water partition coefficient (Wildman–Crippen LogP) is 3.88. The third-order valence-electron chi connectivity index (χ3n) is 4.64. The molecule has 2 aromatic rings. The maximum Gasteiger partial charge on any atom is 0.273 e. The van der Waals surface area contributed by atoms with E-state index in [4.69, 9.17) is 0 Å². The molecule has 0 radical (unpaired) electrons. The molecule has 124 valence electrons. The summed E-state index contributed by atoms with van der Waals surface area (Å²) in [6, 6.07) is 10.7. The van der Waals surface area contributed by atoms with Crippen molar-refractivity contribution >= 4 is 11.6 Å². The van der Waals surface area contributed by atoms with Gasteiger partial charge in [0.1, 0.15) is 0 Å². The molecule has 24 heavy (non-hydrogen) atoms. The normalized spacial score (nSPS) is 14.1. The van der Waals surface area contributed by atoms with E-state index < -0.39 is 4.92 Å². The number of benzene rings is 2. The molecule has 1 aliphatic rings. The molecule has 1 atom stereocenters.